The van der Waals surface area contributed by atoms with Crippen molar-refractivity contribution in [1.29, 1.82) is 0 Å². The first kappa shape index (κ1) is 14.7. The van der Waals surface area contributed by atoms with Crippen LogP contribution in [0.1, 0.15) is 24.2 Å². The van der Waals surface area contributed by atoms with Gasteiger partial charge in [-0.2, -0.15) is 5.10 Å². The fraction of sp³-hybridized carbons (Fsp3) is 0.714. The van der Waals surface area contributed by atoms with Gasteiger partial charge in [-0.05, 0) is 32.9 Å². The highest BCUT2D eigenvalue weighted by Gasteiger charge is 2.34. The molecule has 1 N–H and O–H groups in total. The second-order valence-electron chi connectivity index (χ2n) is 5.85. The van der Waals surface area contributed by atoms with E-state index in [0.717, 1.165) is 50.4 Å². The molecule has 0 bridgehead atoms. The lowest BCUT2D eigenvalue weighted by molar-refractivity contribution is 0.164. The van der Waals surface area contributed by atoms with E-state index in [4.69, 9.17) is 11.6 Å². The van der Waals surface area contributed by atoms with Gasteiger partial charge in [-0.15, -0.1) is 0 Å². The maximum atomic E-state index is 12.6. The van der Waals surface area contributed by atoms with Crippen molar-refractivity contribution in [3.05, 3.63) is 16.4 Å². The van der Waals surface area contributed by atoms with Crippen LogP contribution in [-0.2, 0) is 13.6 Å². The van der Waals surface area contributed by atoms with Crippen molar-refractivity contribution in [3.63, 3.8) is 0 Å². The van der Waals surface area contributed by atoms with Crippen LogP contribution in [0.15, 0.2) is 0 Å². The van der Waals surface area contributed by atoms with E-state index in [0.29, 0.717) is 17.6 Å². The SMILES string of the molecule is Cc1nn(C)c(CN2CCN(C3CCNCC3)C2=O)c1Cl. The predicted octanol–water partition coefficient (Wildman–Crippen LogP) is 1.37. The Bertz CT molecular complexity index is 538. The number of carbonyl (C=O) groups excluding carboxylic acids is 1. The van der Waals surface area contributed by atoms with Gasteiger partial charge in [0.1, 0.15) is 0 Å². The van der Waals surface area contributed by atoms with E-state index in [1.165, 1.54) is 0 Å². The number of hydrogen-bond acceptors (Lipinski definition) is 3. The third-order valence-corrected chi connectivity index (χ3v) is 4.97. The van der Waals surface area contributed by atoms with E-state index in [1.54, 1.807) is 4.68 Å². The molecule has 6 nitrogen and oxygen atoms in total. The molecule has 2 fully saturated rings. The van der Waals surface area contributed by atoms with Crippen LogP contribution < -0.4 is 5.32 Å². The lowest BCUT2D eigenvalue weighted by atomic mass is 10.1. The van der Waals surface area contributed by atoms with Crippen molar-refractivity contribution in [2.75, 3.05) is 26.2 Å². The second-order valence-corrected chi connectivity index (χ2v) is 6.23. The van der Waals surface area contributed by atoms with Gasteiger partial charge in [0.15, 0.2) is 0 Å². The van der Waals surface area contributed by atoms with Crippen LogP contribution in [0.25, 0.3) is 0 Å². The van der Waals surface area contributed by atoms with Gasteiger partial charge in [0, 0.05) is 26.2 Å². The van der Waals surface area contributed by atoms with Crippen LogP contribution in [0.3, 0.4) is 0 Å². The molecule has 1 aromatic rings. The number of urea groups is 1. The lowest BCUT2D eigenvalue weighted by Crippen LogP contribution is -2.45. The van der Waals surface area contributed by atoms with E-state index < -0.39 is 0 Å². The highest BCUT2D eigenvalue weighted by atomic mass is 35.5. The van der Waals surface area contributed by atoms with Crippen molar-refractivity contribution in [1.82, 2.24) is 24.9 Å². The number of nitrogens with one attached hydrogen (secondary N) is 1. The number of aryl methyl sites for hydroxylation is 2. The minimum Gasteiger partial charge on any atom is -0.320 e. The van der Waals surface area contributed by atoms with Crippen LogP contribution in [0.4, 0.5) is 4.79 Å². The molecule has 3 heterocycles. The molecule has 0 unspecified atom stereocenters. The van der Waals surface area contributed by atoms with E-state index in [1.807, 2.05) is 23.8 Å². The first-order valence-electron chi connectivity index (χ1n) is 7.52. The summed E-state index contributed by atoms with van der Waals surface area (Å²) < 4.78 is 1.78. The fourth-order valence-electron chi connectivity index (χ4n) is 3.24. The number of amides is 2. The van der Waals surface area contributed by atoms with Crippen LogP contribution in [0, 0.1) is 6.92 Å². The van der Waals surface area contributed by atoms with Crippen LogP contribution in [-0.4, -0.2) is 57.8 Å². The van der Waals surface area contributed by atoms with Crippen LogP contribution in [0.2, 0.25) is 5.02 Å². The molecule has 0 spiro atoms. The lowest BCUT2D eigenvalue weighted by Gasteiger charge is -2.31. The van der Waals surface area contributed by atoms with E-state index in [9.17, 15) is 4.79 Å². The van der Waals surface area contributed by atoms with Crippen molar-refractivity contribution < 1.29 is 4.79 Å². The van der Waals surface area contributed by atoms with Crippen molar-refractivity contribution in [3.8, 4) is 0 Å². The van der Waals surface area contributed by atoms with E-state index >= 15 is 0 Å². The van der Waals surface area contributed by atoms with Crippen molar-refractivity contribution in [2.45, 2.75) is 32.4 Å². The standard InChI is InChI=1S/C14H22ClN5O/c1-10-13(15)12(18(2)17-10)9-19-7-8-20(14(19)21)11-3-5-16-6-4-11/h11,16H,3-9H2,1-2H3. The summed E-state index contributed by atoms with van der Waals surface area (Å²) in [5.74, 6) is 0. The summed E-state index contributed by atoms with van der Waals surface area (Å²) in [7, 11) is 1.87. The zero-order valence-corrected chi connectivity index (χ0v) is 13.4. The molecule has 0 saturated carbocycles. The number of halogens is 1. The van der Waals surface area contributed by atoms with E-state index in [2.05, 4.69) is 10.4 Å². The van der Waals surface area contributed by atoms with Gasteiger partial charge < -0.3 is 15.1 Å². The van der Waals surface area contributed by atoms with Gasteiger partial charge in [-0.3, -0.25) is 4.68 Å². The number of rotatable bonds is 3. The molecule has 2 amide bonds. The van der Waals surface area contributed by atoms with Crippen LogP contribution in [0.5, 0.6) is 0 Å². The van der Waals surface area contributed by atoms with Gasteiger partial charge >= 0.3 is 6.03 Å². The Morgan fingerprint density at radius 3 is 2.67 bits per heavy atom. The Labute approximate surface area is 130 Å². The molecule has 2 aliphatic heterocycles. The number of aromatic nitrogens is 2. The summed E-state index contributed by atoms with van der Waals surface area (Å²) in [6.07, 6.45) is 2.09. The smallest absolute Gasteiger partial charge is 0.320 e. The normalized spacial score (nSPS) is 20.6. The highest BCUT2D eigenvalue weighted by Crippen LogP contribution is 2.24. The zero-order chi connectivity index (χ0) is 15.0. The number of nitrogens with zero attached hydrogens (tertiary/aromatic N) is 4. The maximum Gasteiger partial charge on any atom is 0.320 e. The average Bonchev–Trinajstić information content (AvgIpc) is 2.96. The largest absolute Gasteiger partial charge is 0.320 e. The van der Waals surface area contributed by atoms with Gasteiger partial charge in [0.2, 0.25) is 0 Å². The summed E-state index contributed by atoms with van der Waals surface area (Å²) in [5, 5.41) is 8.32. The molecule has 3 rings (SSSR count). The molecule has 0 aromatic carbocycles. The molecule has 0 atom stereocenters. The molecule has 116 valence electrons. The van der Waals surface area contributed by atoms with Crippen molar-refractivity contribution in [2.24, 2.45) is 7.05 Å². The third kappa shape index (κ3) is 2.74. The van der Waals surface area contributed by atoms with Gasteiger partial charge in [-0.1, -0.05) is 11.6 Å². The predicted molar refractivity (Wildman–Crippen MR) is 81.4 cm³/mol. The Kier molecular flexibility index (Phi) is 4.08. The van der Waals surface area contributed by atoms with Gasteiger partial charge in [-0.25, -0.2) is 4.79 Å². The number of carbonyl (C=O) groups is 1. The molecular formula is C14H22ClN5O. The Morgan fingerprint density at radius 2 is 2.05 bits per heavy atom. The third-order valence-electron chi connectivity index (χ3n) is 4.48. The van der Waals surface area contributed by atoms with Crippen molar-refractivity contribution >= 4 is 17.6 Å². The van der Waals surface area contributed by atoms with Gasteiger partial charge in [0.05, 0.1) is 23.0 Å². The minimum absolute atomic E-state index is 0.136. The first-order chi connectivity index (χ1) is 10.1. The summed E-state index contributed by atoms with van der Waals surface area (Å²) in [4.78, 5) is 16.5. The summed E-state index contributed by atoms with van der Waals surface area (Å²) in [6, 6.07) is 0.518. The first-order valence-corrected chi connectivity index (χ1v) is 7.90. The fourth-order valence-corrected chi connectivity index (χ4v) is 3.46. The Balaban J connectivity index is 1.69. The Morgan fingerprint density at radius 1 is 1.33 bits per heavy atom. The quantitative estimate of drug-likeness (QED) is 0.917. The maximum absolute atomic E-state index is 12.6. The highest BCUT2D eigenvalue weighted by molar-refractivity contribution is 6.31. The molecule has 2 saturated heterocycles. The average molecular weight is 312 g/mol. The summed E-state index contributed by atoms with van der Waals surface area (Å²) >= 11 is 6.28. The number of hydrogen-bond donors (Lipinski definition) is 1. The minimum atomic E-state index is 0.136. The Hall–Kier alpha value is -1.27. The van der Waals surface area contributed by atoms with E-state index in [-0.39, 0.29) is 6.03 Å². The summed E-state index contributed by atoms with van der Waals surface area (Å²) in [5.41, 5.74) is 1.73. The van der Waals surface area contributed by atoms with Gasteiger partial charge in [0.25, 0.3) is 0 Å². The summed E-state index contributed by atoms with van der Waals surface area (Å²) in [6.45, 7) is 6.01. The zero-order valence-electron chi connectivity index (χ0n) is 12.6. The molecule has 0 radical (unpaired) electrons. The second kappa shape index (κ2) is 5.85. The topological polar surface area (TPSA) is 53.4 Å². The molecule has 7 heteroatoms. The molecule has 21 heavy (non-hydrogen) atoms. The molecule has 1 aromatic heterocycles. The van der Waals surface area contributed by atoms with Crippen LogP contribution >= 0.6 is 11.6 Å². The molecule has 2 aliphatic rings. The molecular weight excluding hydrogens is 290 g/mol. The number of piperidine rings is 1. The monoisotopic (exact) mass is 311 g/mol. The molecule has 0 aliphatic carbocycles.